The van der Waals surface area contributed by atoms with Gasteiger partial charge in [-0.2, -0.15) is 13.9 Å². The number of amides is 2. The lowest BCUT2D eigenvalue weighted by atomic mass is 9.73. The number of nitrogens with zero attached hydrogens (tertiary/aromatic N) is 4. The molecule has 1 aromatic heterocycles. The Bertz CT molecular complexity index is 691. The molecule has 0 N–H and O–H groups in total. The number of aromatic nitrogens is 2. The third kappa shape index (κ3) is 4.47. The van der Waals surface area contributed by atoms with Crippen LogP contribution in [0.3, 0.4) is 0 Å². The van der Waals surface area contributed by atoms with E-state index in [1.165, 1.54) is 6.07 Å². The number of carbonyl (C=O) groups excluding carboxylic acids is 2. The summed E-state index contributed by atoms with van der Waals surface area (Å²) in [4.78, 5) is 28.7. The second kappa shape index (κ2) is 7.94. The van der Waals surface area contributed by atoms with E-state index in [2.05, 4.69) is 18.9 Å². The maximum Gasteiger partial charge on any atom is 0.333 e. The van der Waals surface area contributed by atoms with Gasteiger partial charge in [-0.3, -0.25) is 9.59 Å². The predicted octanol–water partition coefficient (Wildman–Crippen LogP) is 3.17. The molecule has 150 valence electrons. The molecule has 1 atom stereocenters. The van der Waals surface area contributed by atoms with Crippen molar-refractivity contribution in [2.45, 2.75) is 52.5 Å². The number of carbonyl (C=O) groups is 2. The standard InChI is InChI=1S/C19H28F2N4O2/c1-14(2)5-10-23-12-19(8-4-16(23)26)7-3-9-24(13-19)17(27)15-6-11-25(22-15)18(20)21/h6,11,14,18H,3-5,7-10,12-13H2,1-2H3/t19-/m1/s1. The predicted molar refractivity (Wildman–Crippen MR) is 96.3 cm³/mol. The number of piperidine rings is 2. The summed E-state index contributed by atoms with van der Waals surface area (Å²) in [6, 6.07) is 1.34. The Hall–Kier alpha value is -1.99. The zero-order chi connectivity index (χ0) is 19.6. The van der Waals surface area contributed by atoms with Crippen LogP contribution in [0.4, 0.5) is 8.78 Å². The first kappa shape index (κ1) is 19.8. The van der Waals surface area contributed by atoms with Crippen LogP contribution in [-0.4, -0.2) is 57.6 Å². The molecule has 3 rings (SSSR count). The largest absolute Gasteiger partial charge is 0.342 e. The Morgan fingerprint density at radius 1 is 1.30 bits per heavy atom. The van der Waals surface area contributed by atoms with Crippen LogP contribution in [0.2, 0.25) is 0 Å². The van der Waals surface area contributed by atoms with Crippen LogP contribution in [0.5, 0.6) is 0 Å². The van der Waals surface area contributed by atoms with Crippen LogP contribution >= 0.6 is 0 Å². The molecule has 0 aliphatic carbocycles. The number of hydrogen-bond acceptors (Lipinski definition) is 3. The monoisotopic (exact) mass is 382 g/mol. The minimum absolute atomic E-state index is 0.0518. The van der Waals surface area contributed by atoms with Crippen LogP contribution in [0, 0.1) is 11.3 Å². The van der Waals surface area contributed by atoms with E-state index in [0.717, 1.165) is 38.4 Å². The second-order valence-corrected chi connectivity index (χ2v) is 8.29. The van der Waals surface area contributed by atoms with Crippen LogP contribution < -0.4 is 0 Å². The lowest BCUT2D eigenvalue weighted by Crippen LogP contribution is -2.55. The summed E-state index contributed by atoms with van der Waals surface area (Å²) in [7, 11) is 0. The number of likely N-dealkylation sites (tertiary alicyclic amines) is 2. The second-order valence-electron chi connectivity index (χ2n) is 8.29. The Morgan fingerprint density at radius 3 is 2.74 bits per heavy atom. The Labute approximate surface area is 158 Å². The highest BCUT2D eigenvalue weighted by Gasteiger charge is 2.43. The normalized spacial score (nSPS) is 23.7. The topological polar surface area (TPSA) is 58.4 Å². The van der Waals surface area contributed by atoms with E-state index < -0.39 is 6.55 Å². The number of alkyl halides is 2. The molecule has 27 heavy (non-hydrogen) atoms. The molecule has 0 saturated carbocycles. The highest BCUT2D eigenvalue weighted by molar-refractivity contribution is 5.92. The van der Waals surface area contributed by atoms with E-state index in [-0.39, 0.29) is 22.9 Å². The van der Waals surface area contributed by atoms with Gasteiger partial charge in [0.05, 0.1) is 0 Å². The zero-order valence-electron chi connectivity index (χ0n) is 16.0. The van der Waals surface area contributed by atoms with E-state index in [1.807, 2.05) is 4.90 Å². The highest BCUT2D eigenvalue weighted by Crippen LogP contribution is 2.39. The molecule has 2 amide bonds. The van der Waals surface area contributed by atoms with Gasteiger partial charge in [-0.05, 0) is 37.7 Å². The van der Waals surface area contributed by atoms with Crippen molar-refractivity contribution in [1.29, 1.82) is 0 Å². The van der Waals surface area contributed by atoms with Gasteiger partial charge in [0.15, 0.2) is 5.69 Å². The van der Waals surface area contributed by atoms with Crippen molar-refractivity contribution < 1.29 is 18.4 Å². The SMILES string of the molecule is CC(C)CCN1C[C@@]2(CCCN(C(=O)c3ccn(C(F)F)n3)C2)CCC1=O. The van der Waals surface area contributed by atoms with Crippen molar-refractivity contribution in [2.75, 3.05) is 26.2 Å². The number of rotatable bonds is 5. The first-order chi connectivity index (χ1) is 12.8. The molecule has 0 unspecified atom stereocenters. The third-order valence-electron chi connectivity index (χ3n) is 5.70. The van der Waals surface area contributed by atoms with Crippen LogP contribution in [0.25, 0.3) is 0 Å². The minimum Gasteiger partial charge on any atom is -0.342 e. The van der Waals surface area contributed by atoms with Gasteiger partial charge in [0.1, 0.15) is 0 Å². The van der Waals surface area contributed by atoms with Gasteiger partial charge in [-0.15, -0.1) is 0 Å². The molecule has 0 bridgehead atoms. The highest BCUT2D eigenvalue weighted by atomic mass is 19.3. The van der Waals surface area contributed by atoms with Crippen LogP contribution in [0.15, 0.2) is 12.3 Å². The van der Waals surface area contributed by atoms with Crippen molar-refractivity contribution in [2.24, 2.45) is 11.3 Å². The van der Waals surface area contributed by atoms with E-state index >= 15 is 0 Å². The summed E-state index contributed by atoms with van der Waals surface area (Å²) >= 11 is 0. The van der Waals surface area contributed by atoms with E-state index in [9.17, 15) is 18.4 Å². The molecule has 0 aromatic carbocycles. The third-order valence-corrected chi connectivity index (χ3v) is 5.70. The van der Waals surface area contributed by atoms with E-state index in [1.54, 1.807) is 4.90 Å². The summed E-state index contributed by atoms with van der Waals surface area (Å²) in [6.07, 6.45) is 5.22. The fourth-order valence-corrected chi connectivity index (χ4v) is 4.16. The summed E-state index contributed by atoms with van der Waals surface area (Å²) in [5, 5.41) is 3.71. The lowest BCUT2D eigenvalue weighted by Gasteiger charge is -2.48. The molecule has 1 spiro atoms. The molecule has 6 nitrogen and oxygen atoms in total. The van der Waals surface area contributed by atoms with Crippen LogP contribution in [0.1, 0.15) is 63.0 Å². The van der Waals surface area contributed by atoms with Gasteiger partial charge in [-0.25, -0.2) is 4.68 Å². The summed E-state index contributed by atoms with van der Waals surface area (Å²) in [5.74, 6) is 0.421. The first-order valence-electron chi connectivity index (χ1n) is 9.70. The molecule has 2 fully saturated rings. The van der Waals surface area contributed by atoms with Gasteiger partial charge in [0, 0.05) is 44.2 Å². The van der Waals surface area contributed by atoms with Crippen molar-refractivity contribution in [3.8, 4) is 0 Å². The zero-order valence-corrected chi connectivity index (χ0v) is 16.0. The number of hydrogen-bond donors (Lipinski definition) is 0. The molecule has 2 aliphatic heterocycles. The molecular formula is C19H28F2N4O2. The van der Waals surface area contributed by atoms with Gasteiger partial charge in [0.25, 0.3) is 5.91 Å². The van der Waals surface area contributed by atoms with Crippen molar-refractivity contribution >= 4 is 11.8 Å². The fraction of sp³-hybridized carbons (Fsp3) is 0.737. The quantitative estimate of drug-likeness (QED) is 0.786. The number of halogens is 2. The fourth-order valence-electron chi connectivity index (χ4n) is 4.16. The Balaban J connectivity index is 1.68. The van der Waals surface area contributed by atoms with Crippen molar-refractivity contribution in [3.05, 3.63) is 18.0 Å². The molecule has 0 radical (unpaired) electrons. The van der Waals surface area contributed by atoms with Gasteiger partial charge in [-0.1, -0.05) is 13.8 Å². The van der Waals surface area contributed by atoms with Gasteiger partial charge in [0.2, 0.25) is 5.91 Å². The van der Waals surface area contributed by atoms with Crippen molar-refractivity contribution in [1.82, 2.24) is 19.6 Å². The first-order valence-corrected chi connectivity index (χ1v) is 9.70. The molecule has 3 heterocycles. The summed E-state index contributed by atoms with van der Waals surface area (Å²) in [6.45, 7) is 4.12. The summed E-state index contributed by atoms with van der Waals surface area (Å²) < 4.78 is 25.9. The minimum atomic E-state index is -2.75. The molecule has 2 saturated heterocycles. The average Bonchev–Trinajstić information content (AvgIpc) is 3.12. The Kier molecular flexibility index (Phi) is 5.81. The molecule has 1 aromatic rings. The van der Waals surface area contributed by atoms with Gasteiger partial charge >= 0.3 is 6.55 Å². The summed E-state index contributed by atoms with van der Waals surface area (Å²) in [5.41, 5.74) is -0.0414. The van der Waals surface area contributed by atoms with Gasteiger partial charge < -0.3 is 9.80 Å². The smallest absolute Gasteiger partial charge is 0.333 e. The maximum absolute atomic E-state index is 12.7. The van der Waals surface area contributed by atoms with Crippen LogP contribution in [-0.2, 0) is 4.79 Å². The average molecular weight is 382 g/mol. The van der Waals surface area contributed by atoms with E-state index in [0.29, 0.717) is 36.7 Å². The van der Waals surface area contributed by atoms with E-state index in [4.69, 9.17) is 0 Å². The Morgan fingerprint density at radius 2 is 2.07 bits per heavy atom. The van der Waals surface area contributed by atoms with Crippen molar-refractivity contribution in [3.63, 3.8) is 0 Å². The molecule has 8 heteroatoms. The lowest BCUT2D eigenvalue weighted by molar-refractivity contribution is -0.139. The molecular weight excluding hydrogens is 354 g/mol. The molecule has 2 aliphatic rings. The maximum atomic E-state index is 12.7.